The van der Waals surface area contributed by atoms with Crippen LogP contribution in [0.15, 0.2) is 58.4 Å². The summed E-state index contributed by atoms with van der Waals surface area (Å²) in [5.74, 6) is -0.701. The molecule has 1 N–H and O–H groups in total. The van der Waals surface area contributed by atoms with Crippen LogP contribution in [-0.4, -0.2) is 40.7 Å². The van der Waals surface area contributed by atoms with Gasteiger partial charge in [-0.3, -0.25) is 9.69 Å². The van der Waals surface area contributed by atoms with Gasteiger partial charge in [-0.1, -0.05) is 18.2 Å². The minimum absolute atomic E-state index is 0.0831. The number of carbonyl (C=O) groups excluding carboxylic acids is 1. The molecule has 1 aliphatic rings. The topological polar surface area (TPSA) is 103 Å². The van der Waals surface area contributed by atoms with Crippen LogP contribution in [0.1, 0.15) is 15.9 Å². The molecule has 0 spiro atoms. The van der Waals surface area contributed by atoms with Crippen molar-refractivity contribution < 1.29 is 19.4 Å². The van der Waals surface area contributed by atoms with Gasteiger partial charge in [0, 0.05) is 12.6 Å². The lowest BCUT2D eigenvalue weighted by atomic mass is 10.2. The zero-order chi connectivity index (χ0) is 20.1. The number of amidine groups is 1. The van der Waals surface area contributed by atoms with Crippen molar-refractivity contribution in [1.29, 1.82) is 5.26 Å². The molecule has 1 aliphatic heterocycles. The Kier molecular flexibility index (Phi) is 5.77. The van der Waals surface area contributed by atoms with Crippen LogP contribution in [0.25, 0.3) is 6.08 Å². The molecule has 28 heavy (non-hydrogen) atoms. The number of rotatable bonds is 5. The fraction of sp³-hybridized carbons (Fsp3) is 0.100. The molecule has 0 aromatic heterocycles. The Morgan fingerprint density at radius 1 is 1.29 bits per heavy atom. The van der Waals surface area contributed by atoms with E-state index in [0.29, 0.717) is 27.1 Å². The van der Waals surface area contributed by atoms with Gasteiger partial charge < -0.3 is 9.84 Å². The number of benzene rings is 2. The standard InChI is InChI=1S/C20H15N3O4S/c1-23-18(24)17(12-14-4-2-3-5-16(14)27-11-10-21)28-20(23)22-15-8-6-13(7-9-15)19(25)26/h2-9,12H,11H2,1H3,(H,25,26)/b17-12-,22-20?. The number of ether oxygens (including phenoxy) is 1. The summed E-state index contributed by atoms with van der Waals surface area (Å²) >= 11 is 1.21. The van der Waals surface area contributed by atoms with E-state index in [2.05, 4.69) is 4.99 Å². The van der Waals surface area contributed by atoms with Crippen molar-refractivity contribution in [3.05, 3.63) is 64.6 Å². The van der Waals surface area contributed by atoms with Crippen molar-refractivity contribution in [2.75, 3.05) is 13.7 Å². The van der Waals surface area contributed by atoms with Gasteiger partial charge in [-0.2, -0.15) is 5.26 Å². The van der Waals surface area contributed by atoms with Crippen molar-refractivity contribution in [2.24, 2.45) is 4.99 Å². The minimum Gasteiger partial charge on any atom is -0.478 e. The first-order chi connectivity index (χ1) is 13.5. The summed E-state index contributed by atoms with van der Waals surface area (Å²) < 4.78 is 5.39. The fourth-order valence-corrected chi connectivity index (χ4v) is 3.40. The van der Waals surface area contributed by atoms with Crippen molar-refractivity contribution in [3.63, 3.8) is 0 Å². The molecule has 1 amide bonds. The van der Waals surface area contributed by atoms with Gasteiger partial charge in [-0.05, 0) is 48.2 Å². The summed E-state index contributed by atoms with van der Waals surface area (Å²) in [6, 6.07) is 15.2. The van der Waals surface area contributed by atoms with Crippen molar-refractivity contribution in [1.82, 2.24) is 4.90 Å². The van der Waals surface area contributed by atoms with Gasteiger partial charge in [0.2, 0.25) is 0 Å². The molecule has 1 heterocycles. The van der Waals surface area contributed by atoms with Crippen LogP contribution in [0.2, 0.25) is 0 Å². The molecule has 0 bridgehead atoms. The number of para-hydroxylation sites is 1. The molecule has 0 radical (unpaired) electrons. The molecule has 2 aromatic rings. The molecule has 140 valence electrons. The normalized spacial score (nSPS) is 16.4. The quantitative estimate of drug-likeness (QED) is 0.780. The Labute approximate surface area is 165 Å². The summed E-state index contributed by atoms with van der Waals surface area (Å²) in [6.07, 6.45) is 1.70. The highest BCUT2D eigenvalue weighted by atomic mass is 32.2. The molecule has 0 unspecified atom stereocenters. The van der Waals surface area contributed by atoms with E-state index < -0.39 is 5.97 Å². The van der Waals surface area contributed by atoms with Crippen molar-refractivity contribution in [3.8, 4) is 11.8 Å². The Bertz CT molecular complexity index is 1020. The van der Waals surface area contributed by atoms with E-state index >= 15 is 0 Å². The maximum absolute atomic E-state index is 12.6. The predicted molar refractivity (Wildman–Crippen MR) is 106 cm³/mol. The molecule has 8 heteroatoms. The number of hydrogen-bond donors (Lipinski definition) is 1. The number of carbonyl (C=O) groups is 2. The van der Waals surface area contributed by atoms with Crippen molar-refractivity contribution >= 4 is 40.6 Å². The van der Waals surface area contributed by atoms with Gasteiger partial charge in [0.15, 0.2) is 11.8 Å². The van der Waals surface area contributed by atoms with E-state index in [9.17, 15) is 9.59 Å². The van der Waals surface area contributed by atoms with Crippen LogP contribution >= 0.6 is 11.8 Å². The predicted octanol–water partition coefficient (Wildman–Crippen LogP) is 3.52. The largest absolute Gasteiger partial charge is 0.478 e. The molecular formula is C20H15N3O4S. The number of amides is 1. The van der Waals surface area contributed by atoms with Crippen LogP contribution in [0, 0.1) is 11.3 Å². The molecular weight excluding hydrogens is 378 g/mol. The van der Waals surface area contributed by atoms with Crippen LogP contribution in [0.3, 0.4) is 0 Å². The van der Waals surface area contributed by atoms with Gasteiger partial charge >= 0.3 is 5.97 Å². The Balaban J connectivity index is 1.86. The van der Waals surface area contributed by atoms with E-state index in [4.69, 9.17) is 15.1 Å². The summed E-state index contributed by atoms with van der Waals surface area (Å²) in [4.78, 5) is 29.8. The van der Waals surface area contributed by atoms with E-state index in [0.717, 1.165) is 0 Å². The van der Waals surface area contributed by atoms with Gasteiger partial charge in [-0.25, -0.2) is 9.79 Å². The highest BCUT2D eigenvalue weighted by Gasteiger charge is 2.30. The van der Waals surface area contributed by atoms with E-state index in [1.165, 1.54) is 28.8 Å². The second kappa shape index (κ2) is 8.41. The van der Waals surface area contributed by atoms with E-state index in [1.54, 1.807) is 43.5 Å². The highest BCUT2D eigenvalue weighted by Crippen LogP contribution is 2.34. The first-order valence-electron chi connectivity index (χ1n) is 8.18. The molecule has 3 rings (SSSR count). The van der Waals surface area contributed by atoms with Gasteiger partial charge in [0.25, 0.3) is 5.91 Å². The second-order valence-electron chi connectivity index (χ2n) is 5.71. The lowest BCUT2D eigenvalue weighted by Crippen LogP contribution is -2.23. The van der Waals surface area contributed by atoms with Crippen LogP contribution in [-0.2, 0) is 4.79 Å². The van der Waals surface area contributed by atoms with Crippen LogP contribution in [0.5, 0.6) is 5.75 Å². The molecule has 0 aliphatic carbocycles. The van der Waals surface area contributed by atoms with Crippen molar-refractivity contribution in [2.45, 2.75) is 0 Å². The molecule has 2 aromatic carbocycles. The summed E-state index contributed by atoms with van der Waals surface area (Å²) in [7, 11) is 1.62. The number of hydrogen-bond acceptors (Lipinski definition) is 6. The average molecular weight is 393 g/mol. The minimum atomic E-state index is -1.01. The molecule has 7 nitrogen and oxygen atoms in total. The lowest BCUT2D eigenvalue weighted by molar-refractivity contribution is -0.121. The molecule has 1 fully saturated rings. The monoisotopic (exact) mass is 393 g/mol. The number of carboxylic acid groups (broad SMARTS) is 1. The fourth-order valence-electron chi connectivity index (χ4n) is 2.42. The number of likely N-dealkylation sites (N-methyl/N-ethyl adjacent to an activating group) is 1. The summed E-state index contributed by atoms with van der Waals surface area (Å²) in [6.45, 7) is -0.0831. The van der Waals surface area contributed by atoms with E-state index in [1.807, 2.05) is 12.1 Å². The molecule has 0 atom stereocenters. The number of aromatic carboxylic acids is 1. The van der Waals surface area contributed by atoms with Gasteiger partial charge in [0.05, 0.1) is 16.2 Å². The number of thioether (sulfide) groups is 1. The zero-order valence-corrected chi connectivity index (χ0v) is 15.6. The summed E-state index contributed by atoms with van der Waals surface area (Å²) in [5, 5.41) is 18.1. The Hall–Kier alpha value is -3.57. The van der Waals surface area contributed by atoms with Gasteiger partial charge in [0.1, 0.15) is 11.8 Å². The Morgan fingerprint density at radius 2 is 2.00 bits per heavy atom. The zero-order valence-electron chi connectivity index (χ0n) is 14.8. The first kappa shape index (κ1) is 19.2. The van der Waals surface area contributed by atoms with Crippen LogP contribution in [0.4, 0.5) is 5.69 Å². The van der Waals surface area contributed by atoms with E-state index in [-0.39, 0.29) is 18.1 Å². The number of carboxylic acids is 1. The number of nitrogens with zero attached hydrogens (tertiary/aromatic N) is 3. The third kappa shape index (κ3) is 4.22. The smallest absolute Gasteiger partial charge is 0.335 e. The third-order valence-electron chi connectivity index (χ3n) is 3.84. The first-order valence-corrected chi connectivity index (χ1v) is 8.99. The number of aliphatic imine (C=N–C) groups is 1. The molecule has 1 saturated heterocycles. The number of nitriles is 1. The highest BCUT2D eigenvalue weighted by molar-refractivity contribution is 8.18. The Morgan fingerprint density at radius 3 is 2.68 bits per heavy atom. The summed E-state index contributed by atoms with van der Waals surface area (Å²) in [5.41, 5.74) is 1.40. The average Bonchev–Trinajstić information content (AvgIpc) is 2.95. The third-order valence-corrected chi connectivity index (χ3v) is 4.90. The molecule has 0 saturated carbocycles. The second-order valence-corrected chi connectivity index (χ2v) is 6.71. The lowest BCUT2D eigenvalue weighted by Gasteiger charge is -2.07. The maximum atomic E-state index is 12.6. The maximum Gasteiger partial charge on any atom is 0.335 e. The SMILES string of the molecule is CN1C(=O)/C(=C/c2ccccc2OCC#N)SC1=Nc1ccc(C(=O)O)cc1. The van der Waals surface area contributed by atoms with Gasteiger partial charge in [-0.15, -0.1) is 0 Å². The van der Waals surface area contributed by atoms with Crippen LogP contribution < -0.4 is 4.74 Å².